The van der Waals surface area contributed by atoms with E-state index in [1.165, 1.54) is 7.11 Å². The summed E-state index contributed by atoms with van der Waals surface area (Å²) in [4.78, 5) is 0. The third-order valence-electron chi connectivity index (χ3n) is 1.98. The lowest BCUT2D eigenvalue weighted by Crippen LogP contribution is -2.46. The molecule has 0 bridgehead atoms. The van der Waals surface area contributed by atoms with E-state index in [2.05, 4.69) is 0 Å². The lowest BCUT2D eigenvalue weighted by Gasteiger charge is -2.29. The normalized spacial score (nSPS) is 52.2. The molecule has 0 aromatic heterocycles. The molecule has 2 rings (SSSR count). The predicted molar refractivity (Wildman–Crippen MR) is 31.4 cm³/mol. The van der Waals surface area contributed by atoms with Crippen LogP contribution < -0.4 is 0 Å². The van der Waals surface area contributed by atoms with Gasteiger partial charge in [0, 0.05) is 7.11 Å². The van der Waals surface area contributed by atoms with Crippen LogP contribution in [0.5, 0.6) is 0 Å². The Morgan fingerprint density at radius 1 is 1.60 bits per heavy atom. The molecule has 58 valence electrons. The molecule has 4 heteroatoms. The molecule has 0 aromatic rings. The molecule has 10 heavy (non-hydrogen) atoms. The number of aliphatic hydroxyl groups excluding tert-OH is 1. The van der Waals surface area contributed by atoms with Gasteiger partial charge in [0.05, 0.1) is 6.61 Å². The highest BCUT2D eigenvalue weighted by molar-refractivity contribution is 4.93. The number of rotatable bonds is 1. The molecule has 1 N–H and O–H groups in total. The number of fused-ring (bicyclic) bond motifs is 1. The number of aliphatic hydroxyl groups is 1. The zero-order chi connectivity index (χ0) is 7.14. The first-order chi connectivity index (χ1) is 4.83. The molecule has 0 unspecified atom stereocenters. The Balaban J connectivity index is 2.02. The van der Waals surface area contributed by atoms with E-state index in [0.717, 1.165) is 0 Å². The van der Waals surface area contributed by atoms with Crippen LogP contribution in [0.2, 0.25) is 0 Å². The van der Waals surface area contributed by atoms with Gasteiger partial charge in [-0.05, 0) is 0 Å². The van der Waals surface area contributed by atoms with Crippen molar-refractivity contribution >= 4 is 0 Å². The van der Waals surface area contributed by atoms with Gasteiger partial charge >= 0.3 is 0 Å². The van der Waals surface area contributed by atoms with E-state index >= 15 is 0 Å². The van der Waals surface area contributed by atoms with Gasteiger partial charge in [0.15, 0.2) is 6.29 Å². The molecule has 2 saturated heterocycles. The van der Waals surface area contributed by atoms with Crippen LogP contribution in [0.4, 0.5) is 0 Å². The fourth-order valence-corrected chi connectivity index (χ4v) is 1.32. The summed E-state index contributed by atoms with van der Waals surface area (Å²) in [5, 5.41) is 9.30. The highest BCUT2D eigenvalue weighted by Crippen LogP contribution is 2.31. The maximum Gasteiger partial charge on any atom is 0.186 e. The molecule has 0 amide bonds. The summed E-state index contributed by atoms with van der Waals surface area (Å²) < 4.78 is 15.1. The van der Waals surface area contributed by atoms with Crippen molar-refractivity contribution in [2.45, 2.75) is 24.6 Å². The predicted octanol–water partition coefficient (Wildman–Crippen LogP) is -0.883. The monoisotopic (exact) mass is 146 g/mol. The van der Waals surface area contributed by atoms with Crippen LogP contribution >= 0.6 is 0 Å². The molecule has 4 nitrogen and oxygen atoms in total. The molecule has 4 atom stereocenters. The van der Waals surface area contributed by atoms with Crippen LogP contribution in [0.1, 0.15) is 0 Å². The molecule has 0 radical (unpaired) electrons. The molecule has 2 fully saturated rings. The summed E-state index contributed by atoms with van der Waals surface area (Å²) in [6, 6.07) is 0. The molecular weight excluding hydrogens is 136 g/mol. The van der Waals surface area contributed by atoms with Crippen molar-refractivity contribution < 1.29 is 19.3 Å². The molecule has 2 aliphatic heterocycles. The zero-order valence-electron chi connectivity index (χ0n) is 5.69. The summed E-state index contributed by atoms with van der Waals surface area (Å²) >= 11 is 0. The molecular formula is C6H10O4. The van der Waals surface area contributed by atoms with E-state index in [4.69, 9.17) is 14.2 Å². The van der Waals surface area contributed by atoms with Crippen LogP contribution in [0.15, 0.2) is 0 Å². The minimum absolute atomic E-state index is 0.0555. The van der Waals surface area contributed by atoms with Gasteiger partial charge in [0.1, 0.15) is 18.3 Å². The van der Waals surface area contributed by atoms with Crippen LogP contribution in [0.25, 0.3) is 0 Å². The maximum atomic E-state index is 9.30. The summed E-state index contributed by atoms with van der Waals surface area (Å²) in [6.45, 7) is 0.585. The Kier molecular flexibility index (Phi) is 1.42. The van der Waals surface area contributed by atoms with Crippen LogP contribution in [0.3, 0.4) is 0 Å². The van der Waals surface area contributed by atoms with Crippen molar-refractivity contribution in [2.24, 2.45) is 0 Å². The van der Waals surface area contributed by atoms with Gasteiger partial charge in [-0.1, -0.05) is 0 Å². The molecule has 2 heterocycles. The number of hydrogen-bond acceptors (Lipinski definition) is 4. The quantitative estimate of drug-likeness (QED) is 0.521. The van der Waals surface area contributed by atoms with E-state index in [1.807, 2.05) is 0 Å². The van der Waals surface area contributed by atoms with Gasteiger partial charge in [-0.3, -0.25) is 0 Å². The zero-order valence-corrected chi connectivity index (χ0v) is 5.69. The minimum Gasteiger partial charge on any atom is -0.385 e. The second-order valence-electron chi connectivity index (χ2n) is 2.57. The fourth-order valence-electron chi connectivity index (χ4n) is 1.32. The SMILES string of the molecule is CO[C@@H]1O[C@@H]2CO[C@@H]2[C@H]1O. The second-order valence-corrected chi connectivity index (χ2v) is 2.57. The third-order valence-corrected chi connectivity index (χ3v) is 1.98. The Morgan fingerprint density at radius 3 is 2.70 bits per heavy atom. The average molecular weight is 146 g/mol. The lowest BCUT2D eigenvalue weighted by atomic mass is 10.1. The molecule has 2 aliphatic rings. The Labute approximate surface area is 58.7 Å². The van der Waals surface area contributed by atoms with Gasteiger partial charge < -0.3 is 19.3 Å². The molecule has 0 aromatic carbocycles. The summed E-state index contributed by atoms with van der Waals surface area (Å²) in [6.07, 6.45) is -1.19. The highest BCUT2D eigenvalue weighted by Gasteiger charge is 2.50. The third kappa shape index (κ3) is 0.703. The number of hydrogen-bond donors (Lipinski definition) is 1. The first-order valence-electron chi connectivity index (χ1n) is 3.31. The van der Waals surface area contributed by atoms with Crippen LogP contribution in [-0.2, 0) is 14.2 Å². The summed E-state index contributed by atoms with van der Waals surface area (Å²) in [7, 11) is 1.51. The minimum atomic E-state index is -0.608. The van der Waals surface area contributed by atoms with Gasteiger partial charge in [-0.2, -0.15) is 0 Å². The summed E-state index contributed by atoms with van der Waals surface area (Å²) in [5.41, 5.74) is 0. The number of ether oxygens (including phenoxy) is 3. The standard InChI is InChI=1S/C6H10O4/c1-8-6-4(7)5-3(10-6)2-9-5/h3-7H,2H2,1H3/t3-,4-,5+,6-/m1/s1. The van der Waals surface area contributed by atoms with E-state index < -0.39 is 12.4 Å². The van der Waals surface area contributed by atoms with Crippen molar-refractivity contribution in [1.82, 2.24) is 0 Å². The van der Waals surface area contributed by atoms with E-state index in [9.17, 15) is 5.11 Å². The van der Waals surface area contributed by atoms with Crippen molar-refractivity contribution in [1.29, 1.82) is 0 Å². The van der Waals surface area contributed by atoms with E-state index in [0.29, 0.717) is 6.61 Å². The smallest absolute Gasteiger partial charge is 0.186 e. The van der Waals surface area contributed by atoms with Crippen molar-refractivity contribution in [3.8, 4) is 0 Å². The van der Waals surface area contributed by atoms with Gasteiger partial charge in [0.2, 0.25) is 0 Å². The highest BCUT2D eigenvalue weighted by atomic mass is 16.7. The van der Waals surface area contributed by atoms with Gasteiger partial charge in [-0.15, -0.1) is 0 Å². The van der Waals surface area contributed by atoms with Crippen molar-refractivity contribution in [3.05, 3.63) is 0 Å². The Bertz CT molecular complexity index is 138. The van der Waals surface area contributed by atoms with E-state index in [-0.39, 0.29) is 12.2 Å². The van der Waals surface area contributed by atoms with Crippen molar-refractivity contribution in [2.75, 3.05) is 13.7 Å². The molecule has 0 saturated carbocycles. The fraction of sp³-hybridized carbons (Fsp3) is 1.00. The Hall–Kier alpha value is -0.160. The topological polar surface area (TPSA) is 47.9 Å². The van der Waals surface area contributed by atoms with Crippen LogP contribution in [0, 0.1) is 0 Å². The van der Waals surface area contributed by atoms with Crippen molar-refractivity contribution in [3.63, 3.8) is 0 Å². The molecule has 0 spiro atoms. The lowest BCUT2D eigenvalue weighted by molar-refractivity contribution is -0.175. The first-order valence-corrected chi connectivity index (χ1v) is 3.31. The first kappa shape index (κ1) is 6.54. The van der Waals surface area contributed by atoms with E-state index in [1.54, 1.807) is 0 Å². The molecule has 0 aliphatic carbocycles. The largest absolute Gasteiger partial charge is 0.385 e. The van der Waals surface area contributed by atoms with Gasteiger partial charge in [-0.25, -0.2) is 0 Å². The van der Waals surface area contributed by atoms with Gasteiger partial charge in [0.25, 0.3) is 0 Å². The Morgan fingerprint density at radius 2 is 2.40 bits per heavy atom. The second kappa shape index (κ2) is 2.17. The number of methoxy groups -OCH3 is 1. The average Bonchev–Trinajstić information content (AvgIpc) is 2.05. The van der Waals surface area contributed by atoms with Crippen LogP contribution in [-0.4, -0.2) is 43.4 Å². The summed E-state index contributed by atoms with van der Waals surface area (Å²) in [5.74, 6) is 0. The maximum absolute atomic E-state index is 9.30.